The molecule has 12 heavy (non-hydrogen) atoms. The highest BCUT2D eigenvalue weighted by Gasteiger charge is 2.07. The van der Waals surface area contributed by atoms with E-state index in [1.165, 1.54) is 0 Å². The molecule has 0 aromatic carbocycles. The highest BCUT2D eigenvalue weighted by Crippen LogP contribution is 2.05. The SMILES string of the molecule is Cc1nnc(CN)n1CC(C)C. The number of nitrogens with two attached hydrogens (primary N) is 1. The second kappa shape index (κ2) is 3.67. The van der Waals surface area contributed by atoms with E-state index >= 15 is 0 Å². The lowest BCUT2D eigenvalue weighted by Crippen LogP contribution is -2.13. The van der Waals surface area contributed by atoms with Crippen LogP contribution in [0.5, 0.6) is 0 Å². The molecule has 0 amide bonds. The van der Waals surface area contributed by atoms with Crippen LogP contribution in [0.4, 0.5) is 0 Å². The van der Waals surface area contributed by atoms with Gasteiger partial charge in [0.05, 0.1) is 6.54 Å². The highest BCUT2D eigenvalue weighted by atomic mass is 15.3. The van der Waals surface area contributed by atoms with E-state index in [9.17, 15) is 0 Å². The van der Waals surface area contributed by atoms with Crippen molar-refractivity contribution >= 4 is 0 Å². The molecule has 0 aliphatic rings. The third kappa shape index (κ3) is 1.82. The van der Waals surface area contributed by atoms with Crippen molar-refractivity contribution < 1.29 is 0 Å². The first-order chi connectivity index (χ1) is 5.65. The Morgan fingerprint density at radius 2 is 2.08 bits per heavy atom. The molecule has 0 fully saturated rings. The van der Waals surface area contributed by atoms with E-state index < -0.39 is 0 Å². The van der Waals surface area contributed by atoms with Gasteiger partial charge < -0.3 is 10.3 Å². The minimum absolute atomic E-state index is 0.466. The van der Waals surface area contributed by atoms with E-state index in [2.05, 4.69) is 28.6 Å². The smallest absolute Gasteiger partial charge is 0.146 e. The molecule has 0 aliphatic heterocycles. The Morgan fingerprint density at radius 1 is 1.42 bits per heavy atom. The van der Waals surface area contributed by atoms with E-state index in [1.807, 2.05) is 6.92 Å². The van der Waals surface area contributed by atoms with Crippen molar-refractivity contribution in [2.45, 2.75) is 33.9 Å². The predicted octanol–water partition coefficient (Wildman–Crippen LogP) is 0.701. The zero-order valence-corrected chi connectivity index (χ0v) is 7.91. The summed E-state index contributed by atoms with van der Waals surface area (Å²) >= 11 is 0. The largest absolute Gasteiger partial charge is 0.324 e. The molecular weight excluding hydrogens is 152 g/mol. The summed E-state index contributed by atoms with van der Waals surface area (Å²) in [6.07, 6.45) is 0. The zero-order valence-electron chi connectivity index (χ0n) is 7.91. The van der Waals surface area contributed by atoms with Crippen LogP contribution >= 0.6 is 0 Å². The van der Waals surface area contributed by atoms with Crippen molar-refractivity contribution in [2.24, 2.45) is 11.7 Å². The van der Waals surface area contributed by atoms with Gasteiger partial charge in [-0.05, 0) is 12.8 Å². The number of hydrogen-bond acceptors (Lipinski definition) is 3. The van der Waals surface area contributed by atoms with Crippen molar-refractivity contribution in [2.75, 3.05) is 0 Å². The van der Waals surface area contributed by atoms with Gasteiger partial charge in [-0.3, -0.25) is 0 Å². The van der Waals surface area contributed by atoms with E-state index in [0.29, 0.717) is 12.5 Å². The van der Waals surface area contributed by atoms with Crippen molar-refractivity contribution in [3.63, 3.8) is 0 Å². The maximum atomic E-state index is 5.52. The lowest BCUT2D eigenvalue weighted by atomic mass is 10.2. The highest BCUT2D eigenvalue weighted by molar-refractivity contribution is 4.93. The summed E-state index contributed by atoms with van der Waals surface area (Å²) in [4.78, 5) is 0. The first kappa shape index (κ1) is 9.19. The van der Waals surface area contributed by atoms with E-state index in [-0.39, 0.29) is 0 Å². The van der Waals surface area contributed by atoms with Gasteiger partial charge in [-0.2, -0.15) is 0 Å². The normalized spacial score (nSPS) is 11.1. The van der Waals surface area contributed by atoms with Crippen molar-refractivity contribution in [1.82, 2.24) is 14.8 Å². The summed E-state index contributed by atoms with van der Waals surface area (Å²) in [6.45, 7) is 7.70. The number of rotatable bonds is 3. The molecule has 0 aliphatic carbocycles. The van der Waals surface area contributed by atoms with Crippen LogP contribution in [-0.4, -0.2) is 14.8 Å². The Morgan fingerprint density at radius 3 is 2.58 bits per heavy atom. The molecule has 0 saturated heterocycles. The molecule has 0 atom stereocenters. The molecule has 1 aromatic heterocycles. The van der Waals surface area contributed by atoms with Gasteiger partial charge in [0, 0.05) is 6.54 Å². The van der Waals surface area contributed by atoms with Crippen LogP contribution in [0.3, 0.4) is 0 Å². The molecule has 2 N–H and O–H groups in total. The third-order valence-corrected chi connectivity index (χ3v) is 1.74. The third-order valence-electron chi connectivity index (χ3n) is 1.74. The zero-order chi connectivity index (χ0) is 9.14. The van der Waals surface area contributed by atoms with Crippen molar-refractivity contribution in [3.8, 4) is 0 Å². The molecule has 1 heterocycles. The summed E-state index contributed by atoms with van der Waals surface area (Å²) in [5, 5.41) is 7.95. The van der Waals surface area contributed by atoms with E-state index in [4.69, 9.17) is 5.73 Å². The Kier molecular flexibility index (Phi) is 2.81. The van der Waals surface area contributed by atoms with Crippen LogP contribution in [0, 0.1) is 12.8 Å². The molecule has 1 rings (SSSR count). The van der Waals surface area contributed by atoms with Gasteiger partial charge in [0.25, 0.3) is 0 Å². The van der Waals surface area contributed by atoms with Gasteiger partial charge in [-0.1, -0.05) is 13.8 Å². The number of nitrogens with zero attached hydrogens (tertiary/aromatic N) is 3. The maximum absolute atomic E-state index is 5.52. The Balaban J connectivity index is 2.86. The molecule has 0 bridgehead atoms. The van der Waals surface area contributed by atoms with Crippen LogP contribution < -0.4 is 5.73 Å². The lowest BCUT2D eigenvalue weighted by molar-refractivity contribution is 0.498. The first-order valence-electron chi connectivity index (χ1n) is 4.24. The quantitative estimate of drug-likeness (QED) is 0.722. The number of aryl methyl sites for hydroxylation is 1. The van der Waals surface area contributed by atoms with Crippen LogP contribution in [0.15, 0.2) is 0 Å². The summed E-state index contributed by atoms with van der Waals surface area (Å²) in [6, 6.07) is 0. The molecule has 0 unspecified atom stereocenters. The lowest BCUT2D eigenvalue weighted by Gasteiger charge is -2.09. The minimum Gasteiger partial charge on any atom is -0.324 e. The molecule has 0 spiro atoms. The van der Waals surface area contributed by atoms with Gasteiger partial charge in [0.2, 0.25) is 0 Å². The molecular formula is C8H16N4. The minimum atomic E-state index is 0.466. The Hall–Kier alpha value is -0.900. The van der Waals surface area contributed by atoms with E-state index in [1.54, 1.807) is 0 Å². The molecule has 68 valence electrons. The van der Waals surface area contributed by atoms with Gasteiger partial charge in [-0.25, -0.2) is 0 Å². The van der Waals surface area contributed by atoms with Crippen LogP contribution in [0.2, 0.25) is 0 Å². The van der Waals surface area contributed by atoms with Gasteiger partial charge >= 0.3 is 0 Å². The predicted molar refractivity (Wildman–Crippen MR) is 47.5 cm³/mol. The fourth-order valence-electron chi connectivity index (χ4n) is 1.18. The second-order valence-corrected chi connectivity index (χ2v) is 3.37. The van der Waals surface area contributed by atoms with Crippen LogP contribution in [0.1, 0.15) is 25.5 Å². The molecule has 0 saturated carbocycles. The first-order valence-corrected chi connectivity index (χ1v) is 4.24. The maximum Gasteiger partial charge on any atom is 0.146 e. The number of hydrogen-bond donors (Lipinski definition) is 1. The van der Waals surface area contributed by atoms with Crippen molar-refractivity contribution in [1.29, 1.82) is 0 Å². The standard InChI is InChI=1S/C8H16N4/c1-6(2)5-12-7(3)10-11-8(12)4-9/h6H,4-5,9H2,1-3H3. The molecule has 4 heteroatoms. The van der Waals surface area contributed by atoms with E-state index in [0.717, 1.165) is 18.2 Å². The summed E-state index contributed by atoms with van der Waals surface area (Å²) in [5.74, 6) is 2.43. The fraction of sp³-hybridized carbons (Fsp3) is 0.750. The summed E-state index contributed by atoms with van der Waals surface area (Å²) in [5.41, 5.74) is 5.52. The molecule has 1 aromatic rings. The van der Waals surface area contributed by atoms with Crippen LogP contribution in [0.25, 0.3) is 0 Å². The average molecular weight is 168 g/mol. The van der Waals surface area contributed by atoms with Gasteiger partial charge in [-0.15, -0.1) is 10.2 Å². The second-order valence-electron chi connectivity index (χ2n) is 3.37. The average Bonchev–Trinajstić information content (AvgIpc) is 2.32. The monoisotopic (exact) mass is 168 g/mol. The Bertz CT molecular complexity index is 252. The van der Waals surface area contributed by atoms with Crippen LogP contribution in [-0.2, 0) is 13.1 Å². The molecule has 0 radical (unpaired) electrons. The topological polar surface area (TPSA) is 56.7 Å². The summed E-state index contributed by atoms with van der Waals surface area (Å²) < 4.78 is 2.07. The van der Waals surface area contributed by atoms with Gasteiger partial charge in [0.15, 0.2) is 0 Å². The molecule has 4 nitrogen and oxygen atoms in total. The number of aromatic nitrogens is 3. The Labute approximate surface area is 72.8 Å². The van der Waals surface area contributed by atoms with Gasteiger partial charge in [0.1, 0.15) is 11.6 Å². The summed E-state index contributed by atoms with van der Waals surface area (Å²) in [7, 11) is 0. The van der Waals surface area contributed by atoms with Crippen molar-refractivity contribution in [3.05, 3.63) is 11.6 Å². The fourth-order valence-corrected chi connectivity index (χ4v) is 1.18.